The van der Waals surface area contributed by atoms with Gasteiger partial charge in [-0.3, -0.25) is 0 Å². The van der Waals surface area contributed by atoms with Crippen molar-refractivity contribution < 1.29 is 9.50 Å². The summed E-state index contributed by atoms with van der Waals surface area (Å²) >= 11 is 0. The van der Waals surface area contributed by atoms with Crippen molar-refractivity contribution in [1.82, 2.24) is 5.32 Å². The van der Waals surface area contributed by atoms with Crippen LogP contribution in [0, 0.1) is 18.2 Å². The highest BCUT2D eigenvalue weighted by molar-refractivity contribution is 5.28. The van der Waals surface area contributed by atoms with Crippen molar-refractivity contribution in [1.29, 1.82) is 0 Å². The first kappa shape index (κ1) is 11.6. The normalized spacial score (nSPS) is 24.9. The van der Waals surface area contributed by atoms with Gasteiger partial charge in [-0.25, -0.2) is 4.39 Å². The number of aryl methyl sites for hydroxylation is 1. The molecule has 1 atom stereocenters. The van der Waals surface area contributed by atoms with E-state index in [0.717, 1.165) is 37.1 Å². The second-order valence-corrected chi connectivity index (χ2v) is 4.83. The maximum atomic E-state index is 13.0. The molecule has 1 unspecified atom stereocenters. The molecule has 2 rings (SSSR count). The molecule has 0 amide bonds. The molecule has 3 heteroatoms. The topological polar surface area (TPSA) is 32.3 Å². The average Bonchev–Trinajstić information content (AvgIpc) is 2.72. The maximum Gasteiger partial charge on any atom is 0.123 e. The first-order chi connectivity index (χ1) is 7.65. The van der Waals surface area contributed by atoms with E-state index in [1.54, 1.807) is 6.07 Å². The molecule has 0 spiro atoms. The molecule has 1 saturated heterocycles. The van der Waals surface area contributed by atoms with Gasteiger partial charge in [0.2, 0.25) is 0 Å². The van der Waals surface area contributed by atoms with Crippen LogP contribution in [-0.2, 0) is 6.42 Å². The van der Waals surface area contributed by atoms with E-state index < -0.39 is 0 Å². The summed E-state index contributed by atoms with van der Waals surface area (Å²) in [6, 6.07) is 4.89. The molecule has 2 N–H and O–H groups in total. The van der Waals surface area contributed by atoms with E-state index in [9.17, 15) is 9.50 Å². The number of hydrogen-bond donors (Lipinski definition) is 2. The van der Waals surface area contributed by atoms with E-state index in [2.05, 4.69) is 5.32 Å². The van der Waals surface area contributed by atoms with Crippen LogP contribution in [0.2, 0.25) is 0 Å². The second kappa shape index (κ2) is 4.52. The van der Waals surface area contributed by atoms with Gasteiger partial charge >= 0.3 is 0 Å². The van der Waals surface area contributed by atoms with Crippen molar-refractivity contribution >= 4 is 0 Å². The molecule has 0 aliphatic carbocycles. The third-order valence-electron chi connectivity index (χ3n) is 3.54. The molecule has 0 saturated carbocycles. The van der Waals surface area contributed by atoms with Gasteiger partial charge in [0.1, 0.15) is 5.82 Å². The van der Waals surface area contributed by atoms with Crippen LogP contribution in [0.3, 0.4) is 0 Å². The van der Waals surface area contributed by atoms with Crippen molar-refractivity contribution in [2.75, 3.05) is 19.7 Å². The van der Waals surface area contributed by atoms with Crippen LogP contribution in [0.1, 0.15) is 17.5 Å². The number of nitrogens with one attached hydrogen (secondary N) is 1. The van der Waals surface area contributed by atoms with Gasteiger partial charge in [0.05, 0.1) is 6.61 Å². The SMILES string of the molecule is Cc1cc(F)ccc1CC1(CO)CCNC1. The third kappa shape index (κ3) is 2.25. The van der Waals surface area contributed by atoms with E-state index in [-0.39, 0.29) is 17.8 Å². The fourth-order valence-corrected chi connectivity index (χ4v) is 2.40. The fourth-order valence-electron chi connectivity index (χ4n) is 2.40. The zero-order chi connectivity index (χ0) is 11.6. The van der Waals surface area contributed by atoms with Crippen LogP contribution in [0.5, 0.6) is 0 Å². The highest BCUT2D eigenvalue weighted by Crippen LogP contribution is 2.30. The highest BCUT2D eigenvalue weighted by atomic mass is 19.1. The molecular formula is C13H18FNO. The van der Waals surface area contributed by atoms with E-state index in [4.69, 9.17) is 0 Å². The summed E-state index contributed by atoms with van der Waals surface area (Å²) in [6.45, 7) is 3.92. The molecule has 0 aromatic heterocycles. The Morgan fingerprint density at radius 2 is 2.31 bits per heavy atom. The monoisotopic (exact) mass is 223 g/mol. The summed E-state index contributed by atoms with van der Waals surface area (Å²) in [5.41, 5.74) is 2.06. The number of aliphatic hydroxyl groups excluding tert-OH is 1. The smallest absolute Gasteiger partial charge is 0.123 e. The number of benzene rings is 1. The lowest BCUT2D eigenvalue weighted by molar-refractivity contribution is 0.142. The van der Waals surface area contributed by atoms with Gasteiger partial charge in [-0.15, -0.1) is 0 Å². The van der Waals surface area contributed by atoms with Crippen LogP contribution in [0.15, 0.2) is 18.2 Å². The van der Waals surface area contributed by atoms with E-state index in [1.807, 2.05) is 13.0 Å². The molecule has 16 heavy (non-hydrogen) atoms. The summed E-state index contributed by atoms with van der Waals surface area (Å²) in [6.07, 6.45) is 1.81. The van der Waals surface area contributed by atoms with E-state index in [0.29, 0.717) is 0 Å². The first-order valence-corrected chi connectivity index (χ1v) is 5.72. The maximum absolute atomic E-state index is 13.0. The van der Waals surface area contributed by atoms with Crippen LogP contribution in [-0.4, -0.2) is 24.8 Å². The van der Waals surface area contributed by atoms with Crippen molar-refractivity contribution in [2.45, 2.75) is 19.8 Å². The quantitative estimate of drug-likeness (QED) is 0.816. The number of rotatable bonds is 3. The number of hydrogen-bond acceptors (Lipinski definition) is 2. The van der Waals surface area contributed by atoms with Gasteiger partial charge in [-0.2, -0.15) is 0 Å². The summed E-state index contributed by atoms with van der Waals surface area (Å²) in [7, 11) is 0. The molecule has 0 bridgehead atoms. The van der Waals surface area contributed by atoms with Gasteiger partial charge in [0.15, 0.2) is 0 Å². The molecule has 1 aromatic rings. The minimum absolute atomic E-state index is 0.0530. The Bertz CT molecular complexity index is 372. The average molecular weight is 223 g/mol. The van der Waals surface area contributed by atoms with Gasteiger partial charge < -0.3 is 10.4 Å². The Morgan fingerprint density at radius 1 is 1.50 bits per heavy atom. The summed E-state index contributed by atoms with van der Waals surface area (Å²) in [5, 5.41) is 12.8. The fraction of sp³-hybridized carbons (Fsp3) is 0.538. The molecule has 0 radical (unpaired) electrons. The van der Waals surface area contributed by atoms with Gasteiger partial charge in [-0.1, -0.05) is 6.07 Å². The predicted molar refractivity (Wildman–Crippen MR) is 61.8 cm³/mol. The van der Waals surface area contributed by atoms with Gasteiger partial charge in [0, 0.05) is 12.0 Å². The van der Waals surface area contributed by atoms with Crippen LogP contribution in [0.25, 0.3) is 0 Å². The Hall–Kier alpha value is -0.930. The van der Waals surface area contributed by atoms with Gasteiger partial charge in [0.25, 0.3) is 0 Å². The van der Waals surface area contributed by atoms with Crippen molar-refractivity contribution in [3.05, 3.63) is 35.1 Å². The molecule has 1 aliphatic rings. The predicted octanol–water partition coefficient (Wildman–Crippen LogP) is 1.65. The minimum atomic E-state index is -0.191. The molecule has 1 heterocycles. The Balaban J connectivity index is 2.19. The standard InChI is InChI=1S/C13H18FNO/c1-10-6-12(14)3-2-11(10)7-13(9-16)4-5-15-8-13/h2-3,6,15-16H,4-5,7-9H2,1H3. The second-order valence-electron chi connectivity index (χ2n) is 4.83. The Kier molecular flexibility index (Phi) is 3.26. The molecule has 1 aromatic carbocycles. The highest BCUT2D eigenvalue weighted by Gasteiger charge is 2.33. The van der Waals surface area contributed by atoms with Gasteiger partial charge in [-0.05, 0) is 49.6 Å². The van der Waals surface area contributed by atoms with E-state index >= 15 is 0 Å². The third-order valence-corrected chi connectivity index (χ3v) is 3.54. The lowest BCUT2D eigenvalue weighted by atomic mass is 9.80. The lowest BCUT2D eigenvalue weighted by Gasteiger charge is -2.26. The molecule has 2 nitrogen and oxygen atoms in total. The summed E-state index contributed by atoms with van der Waals surface area (Å²) in [5.74, 6) is -0.191. The summed E-state index contributed by atoms with van der Waals surface area (Å²) < 4.78 is 13.0. The van der Waals surface area contributed by atoms with E-state index in [1.165, 1.54) is 6.07 Å². The minimum Gasteiger partial charge on any atom is -0.396 e. The van der Waals surface area contributed by atoms with Crippen molar-refractivity contribution in [3.8, 4) is 0 Å². The van der Waals surface area contributed by atoms with Crippen LogP contribution >= 0.6 is 0 Å². The number of aliphatic hydroxyl groups is 1. The van der Waals surface area contributed by atoms with Crippen LogP contribution in [0.4, 0.5) is 4.39 Å². The Labute approximate surface area is 95.5 Å². The zero-order valence-electron chi connectivity index (χ0n) is 9.59. The largest absolute Gasteiger partial charge is 0.396 e. The molecular weight excluding hydrogens is 205 g/mol. The van der Waals surface area contributed by atoms with Crippen molar-refractivity contribution in [2.24, 2.45) is 5.41 Å². The molecule has 1 fully saturated rings. The number of halogens is 1. The van der Waals surface area contributed by atoms with Crippen molar-refractivity contribution in [3.63, 3.8) is 0 Å². The molecule has 1 aliphatic heterocycles. The van der Waals surface area contributed by atoms with Crippen LogP contribution < -0.4 is 5.32 Å². The zero-order valence-corrected chi connectivity index (χ0v) is 9.59. The Morgan fingerprint density at radius 3 is 2.88 bits per heavy atom. The summed E-state index contributed by atoms with van der Waals surface area (Å²) in [4.78, 5) is 0. The molecule has 88 valence electrons. The first-order valence-electron chi connectivity index (χ1n) is 5.72. The lowest BCUT2D eigenvalue weighted by Crippen LogP contribution is -2.30.